The van der Waals surface area contributed by atoms with E-state index in [4.69, 9.17) is 5.26 Å². The Kier molecular flexibility index (Phi) is 8.78. The number of hydrogen-bond acceptors (Lipinski definition) is 7. The molecule has 0 saturated carbocycles. The summed E-state index contributed by atoms with van der Waals surface area (Å²) in [5, 5.41) is 43.9. The van der Waals surface area contributed by atoms with Gasteiger partial charge in [-0.25, -0.2) is 0 Å². The van der Waals surface area contributed by atoms with E-state index in [1.54, 1.807) is 27.7 Å². The highest BCUT2D eigenvalue weighted by Gasteiger charge is 2.29. The highest BCUT2D eigenvalue weighted by Crippen LogP contribution is 2.25. The van der Waals surface area contributed by atoms with Crippen LogP contribution in [0.25, 0.3) is 0 Å². The van der Waals surface area contributed by atoms with Crippen molar-refractivity contribution < 1.29 is 0 Å². The molecule has 0 aromatic heterocycles. The highest BCUT2D eigenvalue weighted by atomic mass is 15.2. The van der Waals surface area contributed by atoms with Crippen LogP contribution in [-0.2, 0) is 0 Å². The molecule has 24 heavy (non-hydrogen) atoms. The summed E-state index contributed by atoms with van der Waals surface area (Å²) < 4.78 is 0. The van der Waals surface area contributed by atoms with E-state index >= 15 is 0 Å². The van der Waals surface area contributed by atoms with Crippen LogP contribution in [-0.4, -0.2) is 23.2 Å². The molecule has 0 bridgehead atoms. The van der Waals surface area contributed by atoms with E-state index in [2.05, 4.69) is 39.5 Å². The summed E-state index contributed by atoms with van der Waals surface area (Å²) in [5.74, 6) is 0. The Labute approximate surface area is 145 Å². The van der Waals surface area contributed by atoms with Crippen LogP contribution < -0.4 is 0 Å². The third-order valence-corrected chi connectivity index (χ3v) is 3.51. The standard InChI is InChI=1S/C17H27N7/c1-6-7-11-21-23-16(4,13-19)9-8-10-17(5,14-20)24-22-15(2,3)12-18/h6-11H2,1-5H3. The lowest BCUT2D eigenvalue weighted by Gasteiger charge is -2.19. The summed E-state index contributed by atoms with van der Waals surface area (Å²) in [6.45, 7) is 9.39. The van der Waals surface area contributed by atoms with Gasteiger partial charge in [0.2, 0.25) is 0 Å². The maximum absolute atomic E-state index is 9.35. The molecule has 0 rings (SSSR count). The minimum atomic E-state index is -1.01. The van der Waals surface area contributed by atoms with Gasteiger partial charge in [-0.3, -0.25) is 0 Å². The number of nitriles is 3. The molecule has 0 amide bonds. The summed E-state index contributed by atoms with van der Waals surface area (Å²) in [6, 6.07) is 6.34. The quantitative estimate of drug-likeness (QED) is 0.425. The first-order valence-corrected chi connectivity index (χ1v) is 8.22. The predicted molar refractivity (Wildman–Crippen MR) is 91.1 cm³/mol. The summed E-state index contributed by atoms with van der Waals surface area (Å²) in [4.78, 5) is 0. The van der Waals surface area contributed by atoms with Crippen molar-refractivity contribution in [3.63, 3.8) is 0 Å². The Morgan fingerprint density at radius 3 is 1.75 bits per heavy atom. The van der Waals surface area contributed by atoms with Gasteiger partial charge < -0.3 is 0 Å². The zero-order valence-electron chi connectivity index (χ0n) is 15.4. The molecule has 130 valence electrons. The lowest BCUT2D eigenvalue weighted by atomic mass is 9.91. The molecule has 0 N–H and O–H groups in total. The molecule has 0 heterocycles. The van der Waals surface area contributed by atoms with Crippen molar-refractivity contribution in [1.29, 1.82) is 15.8 Å². The molecular formula is C17H27N7. The predicted octanol–water partition coefficient (Wildman–Crippen LogP) is 4.73. The van der Waals surface area contributed by atoms with Crippen LogP contribution in [0.1, 0.15) is 66.7 Å². The molecule has 0 aliphatic rings. The lowest BCUT2D eigenvalue weighted by molar-refractivity contribution is 0.421. The van der Waals surface area contributed by atoms with E-state index < -0.39 is 16.6 Å². The third-order valence-electron chi connectivity index (χ3n) is 3.51. The van der Waals surface area contributed by atoms with Gasteiger partial charge in [0.1, 0.15) is 0 Å². The molecule has 0 saturated heterocycles. The van der Waals surface area contributed by atoms with E-state index in [0.717, 1.165) is 12.8 Å². The third kappa shape index (κ3) is 8.34. The summed E-state index contributed by atoms with van der Waals surface area (Å²) >= 11 is 0. The van der Waals surface area contributed by atoms with Gasteiger partial charge in [-0.05, 0) is 53.4 Å². The minimum absolute atomic E-state index is 0.441. The largest absolute Gasteiger partial charge is 0.196 e. The highest BCUT2D eigenvalue weighted by molar-refractivity contribution is 5.07. The molecule has 0 fully saturated rings. The molecule has 0 radical (unpaired) electrons. The van der Waals surface area contributed by atoms with E-state index in [1.807, 2.05) is 6.07 Å². The Morgan fingerprint density at radius 2 is 1.29 bits per heavy atom. The van der Waals surface area contributed by atoms with Crippen LogP contribution in [0.3, 0.4) is 0 Å². The average Bonchev–Trinajstić information content (AvgIpc) is 2.57. The maximum atomic E-state index is 9.35. The number of azo groups is 2. The SMILES string of the molecule is CCCCN=NC(C)(C#N)CCCC(C)(C#N)N=NC(C)(C)C#N. The van der Waals surface area contributed by atoms with Gasteiger partial charge in [0.15, 0.2) is 16.6 Å². The monoisotopic (exact) mass is 329 g/mol. The summed E-state index contributed by atoms with van der Waals surface area (Å²) in [6.07, 6.45) is 3.51. The smallest absolute Gasteiger partial charge is 0.164 e. The van der Waals surface area contributed by atoms with Crippen LogP contribution in [0.2, 0.25) is 0 Å². The molecule has 2 atom stereocenters. The molecule has 7 nitrogen and oxygen atoms in total. The van der Waals surface area contributed by atoms with Gasteiger partial charge in [0.05, 0.1) is 24.8 Å². The van der Waals surface area contributed by atoms with Gasteiger partial charge >= 0.3 is 0 Å². The zero-order chi connectivity index (χ0) is 18.7. The first kappa shape index (κ1) is 21.7. The van der Waals surface area contributed by atoms with E-state index in [-0.39, 0.29) is 0 Å². The Balaban J connectivity index is 4.74. The molecule has 0 aliphatic carbocycles. The number of nitrogens with zero attached hydrogens (tertiary/aromatic N) is 7. The Morgan fingerprint density at radius 1 is 0.750 bits per heavy atom. The Hall–Kier alpha value is -2.33. The van der Waals surface area contributed by atoms with Gasteiger partial charge in [-0.2, -0.15) is 36.2 Å². The Bertz CT molecular complexity index is 573. The van der Waals surface area contributed by atoms with Crippen molar-refractivity contribution in [1.82, 2.24) is 0 Å². The molecule has 0 aromatic rings. The van der Waals surface area contributed by atoms with Crippen molar-refractivity contribution in [3.8, 4) is 18.2 Å². The zero-order valence-corrected chi connectivity index (χ0v) is 15.4. The molecule has 0 spiro atoms. The van der Waals surface area contributed by atoms with Crippen LogP contribution in [0.5, 0.6) is 0 Å². The fourth-order valence-corrected chi connectivity index (χ4v) is 1.73. The van der Waals surface area contributed by atoms with Crippen LogP contribution in [0, 0.1) is 34.0 Å². The first-order chi connectivity index (χ1) is 11.2. The van der Waals surface area contributed by atoms with E-state index in [9.17, 15) is 10.5 Å². The van der Waals surface area contributed by atoms with Crippen molar-refractivity contribution in [2.75, 3.05) is 6.54 Å². The normalized spacial score (nSPS) is 16.9. The maximum Gasteiger partial charge on any atom is 0.164 e. The lowest BCUT2D eigenvalue weighted by Crippen LogP contribution is -2.24. The van der Waals surface area contributed by atoms with Gasteiger partial charge in [-0.1, -0.05) is 13.3 Å². The molecule has 2 unspecified atom stereocenters. The number of hydrogen-bond donors (Lipinski definition) is 0. The molecule has 0 aliphatic heterocycles. The fraction of sp³-hybridized carbons (Fsp3) is 0.824. The van der Waals surface area contributed by atoms with E-state index in [0.29, 0.717) is 25.8 Å². The van der Waals surface area contributed by atoms with Gasteiger partial charge in [0, 0.05) is 0 Å². The fourth-order valence-electron chi connectivity index (χ4n) is 1.73. The second-order valence-corrected chi connectivity index (χ2v) is 6.81. The van der Waals surface area contributed by atoms with E-state index in [1.165, 1.54) is 0 Å². The van der Waals surface area contributed by atoms with Crippen LogP contribution in [0.4, 0.5) is 0 Å². The molecule has 0 aromatic carbocycles. The van der Waals surface area contributed by atoms with Crippen molar-refractivity contribution >= 4 is 0 Å². The van der Waals surface area contributed by atoms with Crippen LogP contribution >= 0.6 is 0 Å². The second-order valence-electron chi connectivity index (χ2n) is 6.81. The molecule has 7 heteroatoms. The van der Waals surface area contributed by atoms with Crippen LogP contribution in [0.15, 0.2) is 20.5 Å². The molecular weight excluding hydrogens is 302 g/mol. The van der Waals surface area contributed by atoms with Crippen molar-refractivity contribution in [2.45, 2.75) is 83.3 Å². The van der Waals surface area contributed by atoms with Gasteiger partial charge in [-0.15, -0.1) is 0 Å². The summed E-state index contributed by atoms with van der Waals surface area (Å²) in [7, 11) is 0. The average molecular weight is 329 g/mol. The summed E-state index contributed by atoms with van der Waals surface area (Å²) in [5.41, 5.74) is -2.84. The van der Waals surface area contributed by atoms with Crippen molar-refractivity contribution in [3.05, 3.63) is 0 Å². The number of unbranched alkanes of at least 4 members (excludes halogenated alkanes) is 1. The number of rotatable bonds is 10. The first-order valence-electron chi connectivity index (χ1n) is 8.22. The minimum Gasteiger partial charge on any atom is -0.196 e. The topological polar surface area (TPSA) is 121 Å². The second kappa shape index (κ2) is 9.73. The van der Waals surface area contributed by atoms with Gasteiger partial charge in [0.25, 0.3) is 0 Å². The van der Waals surface area contributed by atoms with Crippen molar-refractivity contribution in [2.24, 2.45) is 20.5 Å².